The Morgan fingerprint density at radius 3 is 2.76 bits per heavy atom. The molecule has 1 aromatic carbocycles. The van der Waals surface area contributed by atoms with Crippen molar-refractivity contribution in [3.8, 4) is 17.6 Å². The highest BCUT2D eigenvalue weighted by Crippen LogP contribution is 2.31. The van der Waals surface area contributed by atoms with Gasteiger partial charge in [0.2, 0.25) is 0 Å². The summed E-state index contributed by atoms with van der Waals surface area (Å²) >= 11 is 0. The highest BCUT2D eigenvalue weighted by molar-refractivity contribution is 5.58. The third-order valence-corrected chi connectivity index (χ3v) is 5.45. The molecule has 0 radical (unpaired) electrons. The molecule has 6 nitrogen and oxygen atoms in total. The number of hydrogen-bond acceptors (Lipinski definition) is 6. The van der Waals surface area contributed by atoms with Gasteiger partial charge < -0.3 is 26.0 Å². The molecule has 0 bridgehead atoms. The van der Waals surface area contributed by atoms with Crippen molar-refractivity contribution >= 4 is 5.69 Å². The Bertz CT molecular complexity index is 795. The fourth-order valence-electron chi connectivity index (χ4n) is 3.52. The molecule has 6 heteroatoms. The summed E-state index contributed by atoms with van der Waals surface area (Å²) in [6.45, 7) is 6.70. The van der Waals surface area contributed by atoms with Gasteiger partial charge in [0.25, 0.3) is 0 Å². The molecule has 0 spiro atoms. The fraction of sp³-hybridized carbons (Fsp3) is 0.522. The number of nitrogens with zero attached hydrogens (tertiary/aromatic N) is 1. The van der Waals surface area contributed by atoms with E-state index in [0.717, 1.165) is 36.8 Å². The minimum atomic E-state index is -0.373. The first-order valence-electron chi connectivity index (χ1n) is 10.2. The average Bonchev–Trinajstić information content (AvgIpc) is 2.86. The van der Waals surface area contributed by atoms with Crippen molar-refractivity contribution < 1.29 is 14.9 Å². The molecule has 5 N–H and O–H groups in total. The van der Waals surface area contributed by atoms with E-state index >= 15 is 0 Å². The monoisotopic (exact) mass is 399 g/mol. The Morgan fingerprint density at radius 2 is 2.07 bits per heavy atom. The molecule has 0 amide bonds. The predicted octanol–water partition coefficient (Wildman–Crippen LogP) is 3.80. The van der Waals surface area contributed by atoms with E-state index < -0.39 is 0 Å². The second kappa shape index (κ2) is 10.9. The van der Waals surface area contributed by atoms with Crippen LogP contribution in [0.25, 0.3) is 0 Å². The number of nitrogens with one attached hydrogen (secondary N) is 1. The average molecular weight is 400 g/mol. The lowest BCUT2D eigenvalue weighted by Gasteiger charge is -2.23. The maximum absolute atomic E-state index is 10.4. The standard InChI is InChI=1S/C23H33N3O3/c1-4-17(12-24)9-16(3)14-29-23-11-19(25)22(28)10-18(23)13-26-20-7-5-15(2)6-8-21(20)27/h4,9-11,15,20-21,26-28H,5-8,13-14,25H2,1-3H3/b16-9+,17-4+. The van der Waals surface area contributed by atoms with Crippen molar-refractivity contribution in [1.82, 2.24) is 5.32 Å². The summed E-state index contributed by atoms with van der Waals surface area (Å²) < 4.78 is 5.93. The van der Waals surface area contributed by atoms with Gasteiger partial charge in [-0.25, -0.2) is 0 Å². The molecule has 3 unspecified atom stereocenters. The second-order valence-corrected chi connectivity index (χ2v) is 7.97. The largest absolute Gasteiger partial charge is 0.506 e. The lowest BCUT2D eigenvalue weighted by molar-refractivity contribution is 0.118. The Morgan fingerprint density at radius 1 is 1.34 bits per heavy atom. The van der Waals surface area contributed by atoms with Crippen molar-refractivity contribution in [1.29, 1.82) is 5.26 Å². The van der Waals surface area contributed by atoms with Crippen molar-refractivity contribution in [2.45, 2.75) is 65.1 Å². The maximum atomic E-state index is 10.4. The Labute approximate surface area is 173 Å². The topological polar surface area (TPSA) is 112 Å². The molecule has 29 heavy (non-hydrogen) atoms. The first-order valence-corrected chi connectivity index (χ1v) is 10.2. The van der Waals surface area contributed by atoms with Crippen LogP contribution in [0.5, 0.6) is 11.5 Å². The van der Waals surface area contributed by atoms with E-state index in [2.05, 4.69) is 18.3 Å². The quantitative estimate of drug-likeness (QED) is 0.182. The zero-order valence-electron chi connectivity index (χ0n) is 17.6. The van der Waals surface area contributed by atoms with Crippen molar-refractivity contribution in [2.24, 2.45) is 5.92 Å². The minimum Gasteiger partial charge on any atom is -0.506 e. The van der Waals surface area contributed by atoms with Gasteiger partial charge in [0, 0.05) is 29.8 Å². The summed E-state index contributed by atoms with van der Waals surface area (Å²) in [4.78, 5) is 0. The lowest BCUT2D eigenvalue weighted by atomic mass is 10.0. The molecule has 0 aromatic heterocycles. The molecular formula is C23H33N3O3. The molecule has 0 heterocycles. The number of allylic oxidation sites excluding steroid dienone is 3. The Hall–Kier alpha value is -2.49. The van der Waals surface area contributed by atoms with E-state index in [1.54, 1.807) is 24.3 Å². The van der Waals surface area contributed by atoms with E-state index in [0.29, 0.717) is 30.4 Å². The third kappa shape index (κ3) is 6.81. The van der Waals surface area contributed by atoms with E-state index in [4.69, 9.17) is 15.7 Å². The number of anilines is 1. The number of nitrogens with two attached hydrogens (primary N) is 1. The molecule has 1 aliphatic carbocycles. The molecule has 1 saturated carbocycles. The molecule has 0 saturated heterocycles. The van der Waals surface area contributed by atoms with Gasteiger partial charge in [0.05, 0.1) is 17.9 Å². The van der Waals surface area contributed by atoms with Crippen LogP contribution < -0.4 is 15.8 Å². The summed E-state index contributed by atoms with van der Waals surface area (Å²) in [5.41, 5.74) is 8.37. The van der Waals surface area contributed by atoms with E-state index in [1.807, 2.05) is 13.8 Å². The summed E-state index contributed by atoms with van der Waals surface area (Å²) in [6, 6.07) is 5.36. The normalized spacial score (nSPS) is 23.3. The minimum absolute atomic E-state index is 0.0112. The van der Waals surface area contributed by atoms with Crippen LogP contribution in [0.3, 0.4) is 0 Å². The van der Waals surface area contributed by atoms with Crippen LogP contribution in [0.1, 0.15) is 52.0 Å². The van der Waals surface area contributed by atoms with E-state index in [1.165, 1.54) is 0 Å². The summed E-state index contributed by atoms with van der Waals surface area (Å²) in [7, 11) is 0. The predicted molar refractivity (Wildman–Crippen MR) is 115 cm³/mol. The highest BCUT2D eigenvalue weighted by atomic mass is 16.5. The van der Waals surface area contributed by atoms with E-state index in [9.17, 15) is 10.2 Å². The second-order valence-electron chi connectivity index (χ2n) is 7.97. The van der Waals surface area contributed by atoms with Crippen molar-refractivity contribution in [3.05, 3.63) is 41.0 Å². The van der Waals surface area contributed by atoms with Crippen LogP contribution in [0, 0.1) is 17.2 Å². The van der Waals surface area contributed by atoms with Crippen LogP contribution in [0.4, 0.5) is 5.69 Å². The number of rotatable bonds is 7. The van der Waals surface area contributed by atoms with Gasteiger partial charge in [-0.15, -0.1) is 0 Å². The number of ether oxygens (including phenoxy) is 1. The summed E-state index contributed by atoms with van der Waals surface area (Å²) in [6.07, 6.45) is 7.00. The van der Waals surface area contributed by atoms with Gasteiger partial charge in [0.1, 0.15) is 18.1 Å². The number of phenols is 1. The van der Waals surface area contributed by atoms with Gasteiger partial charge in [-0.1, -0.05) is 13.0 Å². The van der Waals surface area contributed by atoms with Gasteiger partial charge in [-0.3, -0.25) is 0 Å². The molecule has 3 atom stereocenters. The Balaban J connectivity index is 2.09. The maximum Gasteiger partial charge on any atom is 0.139 e. The number of benzene rings is 1. The first-order chi connectivity index (χ1) is 13.8. The number of nitriles is 1. The molecular weight excluding hydrogens is 366 g/mol. The SMILES string of the molecule is C/C=C(C#N)\C=C(/C)COc1cc(N)c(O)cc1CNC1CCC(C)CCC1O. The lowest BCUT2D eigenvalue weighted by Crippen LogP contribution is -2.38. The van der Waals surface area contributed by atoms with Gasteiger partial charge in [-0.05, 0) is 63.2 Å². The number of phenolic OH excluding ortho intramolecular Hbond substituents is 1. The fourth-order valence-corrected chi connectivity index (χ4v) is 3.52. The molecule has 1 aliphatic rings. The van der Waals surface area contributed by atoms with E-state index in [-0.39, 0.29) is 23.6 Å². The van der Waals surface area contributed by atoms with Crippen LogP contribution in [0.2, 0.25) is 0 Å². The number of aromatic hydroxyl groups is 1. The molecule has 1 aromatic rings. The van der Waals surface area contributed by atoms with Crippen molar-refractivity contribution in [2.75, 3.05) is 12.3 Å². The molecule has 1 fully saturated rings. The van der Waals surface area contributed by atoms with Gasteiger partial charge >= 0.3 is 0 Å². The van der Waals surface area contributed by atoms with Crippen molar-refractivity contribution in [3.63, 3.8) is 0 Å². The van der Waals surface area contributed by atoms with Crippen LogP contribution in [0.15, 0.2) is 35.4 Å². The highest BCUT2D eigenvalue weighted by Gasteiger charge is 2.24. The third-order valence-electron chi connectivity index (χ3n) is 5.45. The number of nitrogen functional groups attached to an aromatic ring is 1. The first kappa shape index (κ1) is 22.8. The number of hydrogen-bond donors (Lipinski definition) is 4. The van der Waals surface area contributed by atoms with Gasteiger partial charge in [0.15, 0.2) is 0 Å². The number of aliphatic hydroxyl groups is 1. The van der Waals surface area contributed by atoms with Crippen LogP contribution in [-0.4, -0.2) is 29.0 Å². The summed E-state index contributed by atoms with van der Waals surface area (Å²) in [5.74, 6) is 1.22. The number of aliphatic hydroxyl groups excluding tert-OH is 1. The smallest absolute Gasteiger partial charge is 0.139 e. The zero-order valence-corrected chi connectivity index (χ0v) is 17.6. The van der Waals surface area contributed by atoms with Crippen LogP contribution in [-0.2, 0) is 6.54 Å². The molecule has 0 aliphatic heterocycles. The van der Waals surface area contributed by atoms with Gasteiger partial charge in [-0.2, -0.15) is 5.26 Å². The Kier molecular flexibility index (Phi) is 8.56. The summed E-state index contributed by atoms with van der Waals surface area (Å²) in [5, 5.41) is 32.9. The van der Waals surface area contributed by atoms with Crippen LogP contribution >= 0.6 is 0 Å². The molecule has 158 valence electrons. The molecule has 2 rings (SSSR count). The zero-order chi connectivity index (χ0) is 21.4.